The molecular formula is C22H25BrN4O. The van der Waals surface area contributed by atoms with Gasteiger partial charge in [-0.2, -0.15) is 9.78 Å². The van der Waals surface area contributed by atoms with Gasteiger partial charge in [-0.1, -0.05) is 35.7 Å². The lowest BCUT2D eigenvalue weighted by molar-refractivity contribution is 0.500. The maximum absolute atomic E-state index is 13.0. The van der Waals surface area contributed by atoms with Gasteiger partial charge in [-0.15, -0.1) is 0 Å². The second-order valence-corrected chi connectivity index (χ2v) is 8.46. The summed E-state index contributed by atoms with van der Waals surface area (Å²) in [4.78, 5) is 17.7. The lowest BCUT2D eigenvalue weighted by Gasteiger charge is -2.17. The molecule has 0 atom stereocenters. The van der Waals surface area contributed by atoms with Crippen molar-refractivity contribution in [1.82, 2.24) is 14.2 Å². The van der Waals surface area contributed by atoms with Crippen molar-refractivity contribution in [2.75, 3.05) is 0 Å². The minimum atomic E-state index is -0.135. The summed E-state index contributed by atoms with van der Waals surface area (Å²) in [6, 6.07) is 8.33. The Morgan fingerprint density at radius 3 is 2.71 bits per heavy atom. The molecule has 0 saturated heterocycles. The van der Waals surface area contributed by atoms with Gasteiger partial charge in [-0.25, -0.2) is 4.98 Å². The fourth-order valence-electron chi connectivity index (χ4n) is 4.32. The fourth-order valence-corrected chi connectivity index (χ4v) is 4.68. The summed E-state index contributed by atoms with van der Waals surface area (Å²) >= 11 is 3.44. The number of hydrogen-bond acceptors (Lipinski definition) is 3. The normalized spacial score (nSPS) is 15.3. The molecule has 28 heavy (non-hydrogen) atoms. The van der Waals surface area contributed by atoms with Crippen LogP contribution in [0.2, 0.25) is 0 Å². The first-order valence-corrected chi connectivity index (χ1v) is 10.7. The molecule has 0 radical (unpaired) electrons. The van der Waals surface area contributed by atoms with E-state index in [4.69, 9.17) is 0 Å². The number of hydrogen-bond donors (Lipinski definition) is 0. The van der Waals surface area contributed by atoms with Crippen LogP contribution in [-0.2, 0) is 6.42 Å². The predicted octanol–water partition coefficient (Wildman–Crippen LogP) is 5.14. The first kappa shape index (κ1) is 19.1. The smallest absolute Gasteiger partial charge is 0.282 e. The molecule has 0 spiro atoms. The average Bonchev–Trinajstić information content (AvgIpc) is 3.29. The first-order valence-electron chi connectivity index (χ1n) is 9.93. The fraction of sp³-hybridized carbons (Fsp3) is 0.409. The van der Waals surface area contributed by atoms with Crippen molar-refractivity contribution in [2.45, 2.75) is 58.9 Å². The van der Waals surface area contributed by atoms with Crippen molar-refractivity contribution in [3.05, 3.63) is 61.9 Å². The summed E-state index contributed by atoms with van der Waals surface area (Å²) in [6.45, 7) is 6.29. The molecule has 1 fully saturated rings. The van der Waals surface area contributed by atoms with Gasteiger partial charge in [0.25, 0.3) is 5.56 Å². The molecule has 4 rings (SSSR count). The monoisotopic (exact) mass is 440 g/mol. The van der Waals surface area contributed by atoms with Crippen LogP contribution in [0.15, 0.2) is 38.6 Å². The largest absolute Gasteiger partial charge is 0.345 e. The Labute approximate surface area is 173 Å². The van der Waals surface area contributed by atoms with E-state index in [1.165, 1.54) is 41.7 Å². The highest BCUT2D eigenvalue weighted by atomic mass is 79.9. The predicted molar refractivity (Wildman–Crippen MR) is 117 cm³/mol. The highest BCUT2D eigenvalue weighted by molar-refractivity contribution is 9.10. The Morgan fingerprint density at radius 1 is 1.25 bits per heavy atom. The van der Waals surface area contributed by atoms with Crippen LogP contribution in [0.4, 0.5) is 0 Å². The Kier molecular flexibility index (Phi) is 5.23. The van der Waals surface area contributed by atoms with Gasteiger partial charge in [0, 0.05) is 33.9 Å². The third-order valence-electron chi connectivity index (χ3n) is 5.72. The third kappa shape index (κ3) is 3.34. The van der Waals surface area contributed by atoms with E-state index in [2.05, 4.69) is 50.5 Å². The summed E-state index contributed by atoms with van der Waals surface area (Å²) in [6.07, 6.45) is 7.54. The van der Waals surface area contributed by atoms with Crippen molar-refractivity contribution in [2.24, 2.45) is 5.10 Å². The van der Waals surface area contributed by atoms with Crippen molar-refractivity contribution >= 4 is 33.0 Å². The molecule has 0 N–H and O–H groups in total. The molecule has 0 bridgehead atoms. The average molecular weight is 441 g/mol. The van der Waals surface area contributed by atoms with E-state index in [1.54, 1.807) is 6.21 Å². The minimum Gasteiger partial charge on any atom is -0.345 e. The van der Waals surface area contributed by atoms with E-state index in [0.717, 1.165) is 10.0 Å². The van der Waals surface area contributed by atoms with E-state index in [1.807, 2.05) is 25.1 Å². The number of aryl methyl sites for hydroxylation is 2. The van der Waals surface area contributed by atoms with E-state index in [0.29, 0.717) is 29.2 Å². The van der Waals surface area contributed by atoms with Crippen molar-refractivity contribution in [3.8, 4) is 0 Å². The number of nitrogens with zero attached hydrogens (tertiary/aromatic N) is 4. The van der Waals surface area contributed by atoms with Crippen LogP contribution in [0.3, 0.4) is 0 Å². The molecular weight excluding hydrogens is 416 g/mol. The first-order chi connectivity index (χ1) is 13.5. The Hall–Kier alpha value is -2.21. The van der Waals surface area contributed by atoms with E-state index in [9.17, 15) is 4.79 Å². The van der Waals surface area contributed by atoms with E-state index in [-0.39, 0.29) is 5.56 Å². The van der Waals surface area contributed by atoms with Crippen LogP contribution < -0.4 is 5.56 Å². The zero-order valence-electron chi connectivity index (χ0n) is 16.6. The van der Waals surface area contributed by atoms with E-state index < -0.39 is 0 Å². The quantitative estimate of drug-likeness (QED) is 0.527. The van der Waals surface area contributed by atoms with E-state index >= 15 is 0 Å². The summed E-state index contributed by atoms with van der Waals surface area (Å²) in [5.74, 6) is 0.667. The van der Waals surface area contributed by atoms with Crippen LogP contribution >= 0.6 is 15.9 Å². The summed E-state index contributed by atoms with van der Waals surface area (Å²) in [7, 11) is 0. The molecule has 5 nitrogen and oxygen atoms in total. The molecule has 1 aliphatic rings. The minimum absolute atomic E-state index is 0.135. The molecule has 0 unspecified atom stereocenters. The summed E-state index contributed by atoms with van der Waals surface area (Å²) in [5.41, 5.74) is 4.11. The van der Waals surface area contributed by atoms with Crippen LogP contribution in [0, 0.1) is 13.8 Å². The lowest BCUT2D eigenvalue weighted by Crippen LogP contribution is -2.22. The third-order valence-corrected chi connectivity index (χ3v) is 6.21. The van der Waals surface area contributed by atoms with Gasteiger partial charge in [0.2, 0.25) is 0 Å². The molecule has 0 amide bonds. The SMILES string of the molecule is CCc1nc2ccc(Br)cc2c(=O)n1N=Cc1cc(C)n(C2CCCC2)c1C. The second-order valence-electron chi connectivity index (χ2n) is 7.54. The van der Waals surface area contributed by atoms with Crippen LogP contribution in [0.5, 0.6) is 0 Å². The van der Waals surface area contributed by atoms with Gasteiger partial charge >= 0.3 is 0 Å². The van der Waals surface area contributed by atoms with Crippen LogP contribution in [-0.4, -0.2) is 20.4 Å². The van der Waals surface area contributed by atoms with Crippen molar-refractivity contribution in [3.63, 3.8) is 0 Å². The number of halogens is 1. The van der Waals surface area contributed by atoms with Crippen LogP contribution in [0.1, 0.15) is 61.4 Å². The molecule has 1 aliphatic carbocycles. The number of rotatable bonds is 4. The maximum atomic E-state index is 13.0. The van der Waals surface area contributed by atoms with Gasteiger partial charge in [0.15, 0.2) is 0 Å². The number of aromatic nitrogens is 3. The topological polar surface area (TPSA) is 52.2 Å². The van der Waals surface area contributed by atoms with Gasteiger partial charge in [0.05, 0.1) is 17.1 Å². The Bertz CT molecular complexity index is 1120. The molecule has 6 heteroatoms. The molecule has 3 aromatic rings. The van der Waals surface area contributed by atoms with Gasteiger partial charge in [-0.3, -0.25) is 4.79 Å². The highest BCUT2D eigenvalue weighted by Crippen LogP contribution is 2.33. The molecule has 0 aliphatic heterocycles. The molecule has 146 valence electrons. The lowest BCUT2D eigenvalue weighted by atomic mass is 10.2. The van der Waals surface area contributed by atoms with Gasteiger partial charge < -0.3 is 4.57 Å². The highest BCUT2D eigenvalue weighted by Gasteiger charge is 2.21. The van der Waals surface area contributed by atoms with Crippen LogP contribution in [0.25, 0.3) is 10.9 Å². The summed E-state index contributed by atoms with van der Waals surface area (Å²) < 4.78 is 4.74. The zero-order chi connectivity index (χ0) is 19.8. The molecule has 1 aromatic carbocycles. The Balaban J connectivity index is 1.78. The van der Waals surface area contributed by atoms with Gasteiger partial charge in [0.1, 0.15) is 5.82 Å². The second kappa shape index (κ2) is 7.66. The zero-order valence-corrected chi connectivity index (χ0v) is 18.2. The molecule has 2 heterocycles. The maximum Gasteiger partial charge on any atom is 0.282 e. The number of benzene rings is 1. The van der Waals surface area contributed by atoms with Gasteiger partial charge in [-0.05, 0) is 51.0 Å². The van der Waals surface area contributed by atoms with Crippen molar-refractivity contribution < 1.29 is 0 Å². The molecule has 2 aromatic heterocycles. The summed E-state index contributed by atoms with van der Waals surface area (Å²) in [5, 5.41) is 5.13. The van der Waals surface area contributed by atoms with Crippen molar-refractivity contribution in [1.29, 1.82) is 0 Å². The Morgan fingerprint density at radius 2 is 2.00 bits per heavy atom. The standard InChI is InChI=1S/C22H25BrN4O/c1-4-21-25-20-10-9-17(23)12-19(20)22(28)27(21)24-13-16-11-14(2)26(15(16)3)18-7-5-6-8-18/h9-13,18H,4-8H2,1-3H3. The molecule has 1 saturated carbocycles. The number of fused-ring (bicyclic) bond motifs is 1.